The van der Waals surface area contributed by atoms with E-state index in [1.54, 1.807) is 0 Å². The highest BCUT2D eigenvalue weighted by atomic mass is 79.9. The fourth-order valence-corrected chi connectivity index (χ4v) is 2.58. The molecule has 0 amide bonds. The van der Waals surface area contributed by atoms with Crippen molar-refractivity contribution < 1.29 is 0 Å². The monoisotopic (exact) mass is 301 g/mol. The topological polar surface area (TPSA) is 29.9 Å². The molecule has 0 aliphatic rings. The van der Waals surface area contributed by atoms with Crippen LogP contribution in [0.15, 0.2) is 10.7 Å². The second-order valence-corrected chi connectivity index (χ2v) is 5.37. The third-order valence-corrected chi connectivity index (χ3v) is 3.87. The highest BCUT2D eigenvalue weighted by Gasteiger charge is 2.23. The van der Waals surface area contributed by atoms with Crippen LogP contribution in [0.2, 0.25) is 0 Å². The van der Waals surface area contributed by atoms with Crippen molar-refractivity contribution in [2.24, 2.45) is 5.92 Å². The predicted octanol–water partition coefficient (Wildman–Crippen LogP) is 3.75. The van der Waals surface area contributed by atoms with Gasteiger partial charge in [-0.3, -0.25) is 4.68 Å². The summed E-state index contributed by atoms with van der Waals surface area (Å²) in [5.74, 6) is 0.611. The molecule has 3 nitrogen and oxygen atoms in total. The fraction of sp³-hybridized carbons (Fsp3) is 0.769. The number of aromatic nitrogens is 2. The molecule has 0 saturated carbocycles. The van der Waals surface area contributed by atoms with Gasteiger partial charge in [0.05, 0.1) is 22.4 Å². The Morgan fingerprint density at radius 2 is 2.12 bits per heavy atom. The third-order valence-electron chi connectivity index (χ3n) is 3.25. The first-order chi connectivity index (χ1) is 8.15. The second kappa shape index (κ2) is 7.17. The minimum absolute atomic E-state index is 0.386. The van der Waals surface area contributed by atoms with Gasteiger partial charge in [0.2, 0.25) is 0 Å². The zero-order valence-corrected chi connectivity index (χ0v) is 12.9. The standard InChI is InChI=1S/C13H24BrN3/c1-5-8-15-12(10(4)6-2)13-11(14)9-16-17(13)7-3/h9-10,12,15H,5-8H2,1-4H3. The van der Waals surface area contributed by atoms with Crippen LogP contribution >= 0.6 is 15.9 Å². The average Bonchev–Trinajstić information content (AvgIpc) is 2.71. The molecule has 2 atom stereocenters. The Kier molecular flexibility index (Phi) is 6.20. The van der Waals surface area contributed by atoms with Crippen molar-refractivity contribution in [1.82, 2.24) is 15.1 Å². The third kappa shape index (κ3) is 3.55. The number of aryl methyl sites for hydroxylation is 1. The van der Waals surface area contributed by atoms with E-state index in [2.05, 4.69) is 58.7 Å². The van der Waals surface area contributed by atoms with E-state index in [1.807, 2.05) is 6.20 Å². The van der Waals surface area contributed by atoms with E-state index in [0.717, 1.165) is 24.0 Å². The molecule has 1 aromatic heterocycles. The molecule has 0 radical (unpaired) electrons. The van der Waals surface area contributed by atoms with Crippen molar-refractivity contribution in [3.63, 3.8) is 0 Å². The Hall–Kier alpha value is -0.350. The molecule has 1 N–H and O–H groups in total. The lowest BCUT2D eigenvalue weighted by Crippen LogP contribution is -2.30. The predicted molar refractivity (Wildman–Crippen MR) is 76.1 cm³/mol. The summed E-state index contributed by atoms with van der Waals surface area (Å²) in [6.07, 6.45) is 4.23. The van der Waals surface area contributed by atoms with Gasteiger partial charge in [-0.25, -0.2) is 0 Å². The molecule has 0 aromatic carbocycles. The minimum Gasteiger partial charge on any atom is -0.308 e. The molecule has 2 unspecified atom stereocenters. The molecule has 1 rings (SSSR count). The number of nitrogens with one attached hydrogen (secondary N) is 1. The maximum absolute atomic E-state index is 4.41. The molecule has 0 aliphatic carbocycles. The van der Waals surface area contributed by atoms with Crippen molar-refractivity contribution in [3.8, 4) is 0 Å². The van der Waals surface area contributed by atoms with Gasteiger partial charge in [-0.15, -0.1) is 0 Å². The maximum Gasteiger partial charge on any atom is 0.0698 e. The van der Waals surface area contributed by atoms with Gasteiger partial charge in [0.25, 0.3) is 0 Å². The summed E-state index contributed by atoms with van der Waals surface area (Å²) in [6.45, 7) is 10.8. The lowest BCUT2D eigenvalue weighted by Gasteiger charge is -2.25. The fourth-order valence-electron chi connectivity index (χ4n) is 2.04. The summed E-state index contributed by atoms with van der Waals surface area (Å²) < 4.78 is 3.21. The minimum atomic E-state index is 0.386. The number of nitrogens with zero attached hydrogens (tertiary/aromatic N) is 2. The zero-order chi connectivity index (χ0) is 12.8. The molecule has 1 aromatic rings. The molecular weight excluding hydrogens is 278 g/mol. The molecule has 4 heteroatoms. The second-order valence-electron chi connectivity index (χ2n) is 4.51. The average molecular weight is 302 g/mol. The van der Waals surface area contributed by atoms with Crippen LogP contribution in [0.4, 0.5) is 0 Å². The van der Waals surface area contributed by atoms with Crippen LogP contribution in [0, 0.1) is 5.92 Å². The van der Waals surface area contributed by atoms with Crippen molar-refractivity contribution in [1.29, 1.82) is 0 Å². The molecular formula is C13H24BrN3. The number of hydrogen-bond donors (Lipinski definition) is 1. The summed E-state index contributed by atoms with van der Waals surface area (Å²) >= 11 is 3.62. The van der Waals surface area contributed by atoms with Gasteiger partial charge in [-0.2, -0.15) is 5.10 Å². The molecule has 0 bridgehead atoms. The zero-order valence-electron chi connectivity index (χ0n) is 11.3. The van der Waals surface area contributed by atoms with E-state index in [1.165, 1.54) is 12.1 Å². The van der Waals surface area contributed by atoms with Crippen LogP contribution in [0.1, 0.15) is 52.3 Å². The largest absolute Gasteiger partial charge is 0.308 e. The number of halogens is 1. The van der Waals surface area contributed by atoms with E-state index in [0.29, 0.717) is 12.0 Å². The Labute approximate surface area is 113 Å². The van der Waals surface area contributed by atoms with Gasteiger partial charge in [0.15, 0.2) is 0 Å². The van der Waals surface area contributed by atoms with Crippen LogP contribution < -0.4 is 5.32 Å². The van der Waals surface area contributed by atoms with Gasteiger partial charge in [0, 0.05) is 6.54 Å². The summed E-state index contributed by atoms with van der Waals surface area (Å²) in [6, 6.07) is 0.386. The van der Waals surface area contributed by atoms with Crippen molar-refractivity contribution >= 4 is 15.9 Å². The van der Waals surface area contributed by atoms with Gasteiger partial charge in [-0.1, -0.05) is 27.2 Å². The van der Waals surface area contributed by atoms with Crippen molar-refractivity contribution in [3.05, 3.63) is 16.4 Å². The lowest BCUT2D eigenvalue weighted by atomic mass is 9.96. The molecule has 1 heterocycles. The highest BCUT2D eigenvalue weighted by molar-refractivity contribution is 9.10. The van der Waals surface area contributed by atoms with Crippen LogP contribution in [0.3, 0.4) is 0 Å². The van der Waals surface area contributed by atoms with E-state index < -0.39 is 0 Å². The smallest absolute Gasteiger partial charge is 0.0698 e. The van der Waals surface area contributed by atoms with Gasteiger partial charge < -0.3 is 5.32 Å². The first-order valence-corrected chi connectivity index (χ1v) is 7.39. The Balaban J connectivity index is 2.98. The van der Waals surface area contributed by atoms with Crippen LogP contribution in [0.25, 0.3) is 0 Å². The molecule has 0 spiro atoms. The van der Waals surface area contributed by atoms with Gasteiger partial charge in [-0.05, 0) is 41.7 Å². The first kappa shape index (κ1) is 14.7. The summed E-state index contributed by atoms with van der Waals surface area (Å²) in [7, 11) is 0. The Morgan fingerprint density at radius 3 is 2.65 bits per heavy atom. The molecule has 17 heavy (non-hydrogen) atoms. The lowest BCUT2D eigenvalue weighted by molar-refractivity contribution is 0.353. The summed E-state index contributed by atoms with van der Waals surface area (Å²) in [4.78, 5) is 0. The van der Waals surface area contributed by atoms with Crippen molar-refractivity contribution in [2.45, 2.75) is 53.1 Å². The summed E-state index contributed by atoms with van der Waals surface area (Å²) in [5, 5.41) is 8.06. The van der Waals surface area contributed by atoms with E-state index in [4.69, 9.17) is 0 Å². The van der Waals surface area contributed by atoms with Gasteiger partial charge in [0.1, 0.15) is 0 Å². The first-order valence-electron chi connectivity index (χ1n) is 6.60. The quantitative estimate of drug-likeness (QED) is 0.831. The van der Waals surface area contributed by atoms with Gasteiger partial charge >= 0.3 is 0 Å². The normalized spacial score (nSPS) is 14.9. The van der Waals surface area contributed by atoms with Crippen molar-refractivity contribution in [2.75, 3.05) is 6.54 Å². The molecule has 98 valence electrons. The Morgan fingerprint density at radius 1 is 1.41 bits per heavy atom. The molecule has 0 fully saturated rings. The number of hydrogen-bond acceptors (Lipinski definition) is 2. The maximum atomic E-state index is 4.41. The van der Waals surface area contributed by atoms with Crippen LogP contribution in [-0.2, 0) is 6.54 Å². The number of rotatable bonds is 7. The van der Waals surface area contributed by atoms with Crippen LogP contribution in [-0.4, -0.2) is 16.3 Å². The van der Waals surface area contributed by atoms with E-state index in [-0.39, 0.29) is 0 Å². The molecule has 0 saturated heterocycles. The molecule has 0 aliphatic heterocycles. The SMILES string of the molecule is CCCNC(c1c(Br)cnn1CC)C(C)CC. The Bertz CT molecular complexity index is 335. The van der Waals surface area contributed by atoms with Crippen LogP contribution in [0.5, 0.6) is 0 Å². The van der Waals surface area contributed by atoms with E-state index >= 15 is 0 Å². The highest BCUT2D eigenvalue weighted by Crippen LogP contribution is 2.30. The summed E-state index contributed by atoms with van der Waals surface area (Å²) in [5.41, 5.74) is 1.29. The van der Waals surface area contributed by atoms with E-state index in [9.17, 15) is 0 Å².